The molecule has 1 aromatic heterocycles. The molecule has 1 atom stereocenters. The van der Waals surface area contributed by atoms with E-state index in [1.54, 1.807) is 12.1 Å². The van der Waals surface area contributed by atoms with E-state index in [-0.39, 0.29) is 0 Å². The molecule has 1 rings (SSSR count). The van der Waals surface area contributed by atoms with Crippen LogP contribution in [0, 0.1) is 18.3 Å². The predicted molar refractivity (Wildman–Crippen MR) is 74.6 cm³/mol. The Balaban J connectivity index is 2.49. The molecule has 4 nitrogen and oxygen atoms in total. The van der Waals surface area contributed by atoms with Gasteiger partial charge < -0.3 is 10.2 Å². The van der Waals surface area contributed by atoms with Gasteiger partial charge in [-0.2, -0.15) is 5.26 Å². The Bertz CT molecular complexity index is 422. The molecule has 0 bridgehead atoms. The van der Waals surface area contributed by atoms with Crippen molar-refractivity contribution in [2.45, 2.75) is 33.2 Å². The van der Waals surface area contributed by atoms with Gasteiger partial charge in [-0.25, -0.2) is 4.98 Å². The Morgan fingerprint density at radius 1 is 1.50 bits per heavy atom. The normalized spacial score (nSPS) is 12.2. The minimum Gasteiger partial charge on any atom is -0.369 e. The lowest BCUT2D eigenvalue weighted by Crippen LogP contribution is -2.32. The molecule has 0 aliphatic rings. The molecule has 1 N–H and O–H groups in total. The predicted octanol–water partition coefficient (Wildman–Crippen LogP) is 2.40. The van der Waals surface area contributed by atoms with Crippen LogP contribution >= 0.6 is 0 Å². The van der Waals surface area contributed by atoms with E-state index in [0.717, 1.165) is 31.0 Å². The summed E-state index contributed by atoms with van der Waals surface area (Å²) in [7, 11) is 2.13. The molecule has 0 fully saturated rings. The van der Waals surface area contributed by atoms with Crippen molar-refractivity contribution in [3.05, 3.63) is 23.4 Å². The molecular formula is C14H22N4. The zero-order valence-electron chi connectivity index (χ0n) is 11.7. The molecule has 0 saturated heterocycles. The Morgan fingerprint density at radius 3 is 2.83 bits per heavy atom. The van der Waals surface area contributed by atoms with E-state index >= 15 is 0 Å². The van der Waals surface area contributed by atoms with Crippen molar-refractivity contribution < 1.29 is 0 Å². The average Bonchev–Trinajstić information content (AvgIpc) is 2.36. The summed E-state index contributed by atoms with van der Waals surface area (Å²) >= 11 is 0. The minimum atomic E-state index is 0.590. The second kappa shape index (κ2) is 6.97. The number of aryl methyl sites for hydroxylation is 1. The van der Waals surface area contributed by atoms with Gasteiger partial charge in [-0.3, -0.25) is 0 Å². The summed E-state index contributed by atoms with van der Waals surface area (Å²) in [5.41, 5.74) is 1.52. The highest BCUT2D eigenvalue weighted by Crippen LogP contribution is 2.09. The first-order valence-corrected chi connectivity index (χ1v) is 6.39. The van der Waals surface area contributed by atoms with E-state index in [1.807, 2.05) is 6.92 Å². The van der Waals surface area contributed by atoms with Crippen LogP contribution in [-0.2, 0) is 0 Å². The summed E-state index contributed by atoms with van der Waals surface area (Å²) in [6.07, 6.45) is 1.15. The van der Waals surface area contributed by atoms with Crippen LogP contribution in [0.25, 0.3) is 0 Å². The topological polar surface area (TPSA) is 52.0 Å². The van der Waals surface area contributed by atoms with Gasteiger partial charge in [-0.1, -0.05) is 6.92 Å². The number of aromatic nitrogens is 1. The lowest BCUT2D eigenvalue weighted by Gasteiger charge is -2.23. The third-order valence-corrected chi connectivity index (χ3v) is 3.20. The van der Waals surface area contributed by atoms with Gasteiger partial charge in [0, 0.05) is 24.8 Å². The second-order valence-electron chi connectivity index (χ2n) is 4.66. The Labute approximate surface area is 110 Å². The van der Waals surface area contributed by atoms with Crippen LogP contribution in [-0.4, -0.2) is 36.1 Å². The van der Waals surface area contributed by atoms with E-state index < -0.39 is 0 Å². The largest absolute Gasteiger partial charge is 0.369 e. The number of nitrogens with one attached hydrogen (secondary N) is 1. The first-order chi connectivity index (χ1) is 8.56. The van der Waals surface area contributed by atoms with E-state index in [9.17, 15) is 0 Å². The fraction of sp³-hybridized carbons (Fsp3) is 0.571. The molecule has 0 saturated carbocycles. The third kappa shape index (κ3) is 4.34. The van der Waals surface area contributed by atoms with Crippen LogP contribution in [0.4, 0.5) is 5.82 Å². The summed E-state index contributed by atoms with van der Waals surface area (Å²) in [4.78, 5) is 6.68. The molecule has 98 valence electrons. The molecule has 1 heterocycles. The first-order valence-electron chi connectivity index (χ1n) is 6.39. The lowest BCUT2D eigenvalue weighted by atomic mass is 10.2. The smallest absolute Gasteiger partial charge is 0.127 e. The van der Waals surface area contributed by atoms with Gasteiger partial charge in [0.25, 0.3) is 0 Å². The fourth-order valence-electron chi connectivity index (χ4n) is 1.72. The van der Waals surface area contributed by atoms with Crippen LogP contribution in [0.15, 0.2) is 12.1 Å². The maximum Gasteiger partial charge on any atom is 0.127 e. The number of hydrogen-bond acceptors (Lipinski definition) is 4. The fourth-order valence-corrected chi connectivity index (χ4v) is 1.72. The van der Waals surface area contributed by atoms with Crippen LogP contribution in [0.3, 0.4) is 0 Å². The molecule has 0 radical (unpaired) electrons. The second-order valence-corrected chi connectivity index (χ2v) is 4.66. The summed E-state index contributed by atoms with van der Waals surface area (Å²) in [6.45, 7) is 8.11. The average molecular weight is 246 g/mol. The molecular weight excluding hydrogens is 224 g/mol. The van der Waals surface area contributed by atoms with Crippen molar-refractivity contribution in [1.82, 2.24) is 9.88 Å². The Morgan fingerprint density at radius 2 is 2.22 bits per heavy atom. The summed E-state index contributed by atoms with van der Waals surface area (Å²) in [6, 6.07) is 6.31. The number of hydrogen-bond donors (Lipinski definition) is 1. The number of anilines is 1. The van der Waals surface area contributed by atoms with E-state index in [0.29, 0.717) is 11.6 Å². The van der Waals surface area contributed by atoms with Gasteiger partial charge in [-0.15, -0.1) is 0 Å². The molecule has 0 amide bonds. The quantitative estimate of drug-likeness (QED) is 0.837. The van der Waals surface area contributed by atoms with Gasteiger partial charge in [0.05, 0.1) is 11.6 Å². The van der Waals surface area contributed by atoms with Crippen molar-refractivity contribution in [1.29, 1.82) is 5.26 Å². The lowest BCUT2D eigenvalue weighted by molar-refractivity contribution is 0.261. The van der Waals surface area contributed by atoms with E-state index in [1.165, 1.54) is 0 Å². The van der Waals surface area contributed by atoms with Crippen molar-refractivity contribution in [3.8, 4) is 6.07 Å². The Kier molecular flexibility index (Phi) is 5.60. The van der Waals surface area contributed by atoms with E-state index in [4.69, 9.17) is 5.26 Å². The number of nitriles is 1. The van der Waals surface area contributed by atoms with E-state index in [2.05, 4.69) is 42.2 Å². The molecule has 0 aliphatic heterocycles. The molecule has 0 spiro atoms. The van der Waals surface area contributed by atoms with Crippen LogP contribution < -0.4 is 5.32 Å². The maximum absolute atomic E-state index is 8.89. The highest BCUT2D eigenvalue weighted by molar-refractivity contribution is 5.44. The molecule has 4 heteroatoms. The maximum atomic E-state index is 8.89. The number of nitrogens with zero attached hydrogens (tertiary/aromatic N) is 3. The van der Waals surface area contributed by atoms with Gasteiger partial charge in [0.1, 0.15) is 5.82 Å². The van der Waals surface area contributed by atoms with Crippen LogP contribution in [0.2, 0.25) is 0 Å². The zero-order chi connectivity index (χ0) is 13.5. The monoisotopic (exact) mass is 246 g/mol. The zero-order valence-corrected chi connectivity index (χ0v) is 11.7. The van der Waals surface area contributed by atoms with Crippen molar-refractivity contribution in [2.75, 3.05) is 25.5 Å². The third-order valence-electron chi connectivity index (χ3n) is 3.20. The molecule has 0 aromatic carbocycles. The first kappa shape index (κ1) is 14.5. The van der Waals surface area contributed by atoms with Gasteiger partial charge in [0.2, 0.25) is 0 Å². The number of pyridine rings is 1. The molecule has 1 aromatic rings. The van der Waals surface area contributed by atoms with Crippen molar-refractivity contribution in [2.24, 2.45) is 0 Å². The highest BCUT2D eigenvalue weighted by Gasteiger charge is 2.06. The molecule has 0 aliphatic carbocycles. The van der Waals surface area contributed by atoms with Crippen LogP contribution in [0.5, 0.6) is 0 Å². The standard InChI is InChI=1S/C14H22N4/c1-5-12(3)18(4)7-6-16-14-9-13(10-15)8-11(2)17-14/h8-9,12H,5-7H2,1-4H3,(H,16,17). The highest BCUT2D eigenvalue weighted by atomic mass is 15.1. The number of likely N-dealkylation sites (N-methyl/N-ethyl adjacent to an activating group) is 1. The molecule has 18 heavy (non-hydrogen) atoms. The number of rotatable bonds is 6. The SMILES string of the molecule is CCC(C)N(C)CCNc1cc(C#N)cc(C)n1. The molecule has 1 unspecified atom stereocenters. The van der Waals surface area contributed by atoms with Gasteiger partial charge in [0.15, 0.2) is 0 Å². The Hall–Kier alpha value is -1.60. The summed E-state index contributed by atoms with van der Waals surface area (Å²) < 4.78 is 0. The van der Waals surface area contributed by atoms with Crippen molar-refractivity contribution >= 4 is 5.82 Å². The van der Waals surface area contributed by atoms with Crippen molar-refractivity contribution in [3.63, 3.8) is 0 Å². The van der Waals surface area contributed by atoms with Gasteiger partial charge >= 0.3 is 0 Å². The summed E-state index contributed by atoms with van der Waals surface area (Å²) in [5.74, 6) is 0.782. The van der Waals surface area contributed by atoms with Gasteiger partial charge in [-0.05, 0) is 39.4 Å². The minimum absolute atomic E-state index is 0.590. The van der Waals surface area contributed by atoms with Crippen LogP contribution in [0.1, 0.15) is 31.5 Å². The summed E-state index contributed by atoms with van der Waals surface area (Å²) in [5, 5.41) is 12.2.